The molecule has 0 amide bonds. The highest BCUT2D eigenvalue weighted by Gasteiger charge is 2.21. The molecule has 1 aromatic carbocycles. The molecule has 0 heterocycles. The zero-order valence-electron chi connectivity index (χ0n) is 9.83. The molecule has 1 aromatic rings. The van der Waals surface area contributed by atoms with Crippen LogP contribution in [-0.4, -0.2) is 19.8 Å². The Morgan fingerprint density at radius 3 is 2.12 bits per heavy atom. The summed E-state index contributed by atoms with van der Waals surface area (Å²) in [6.45, 7) is 4.66. The molecule has 0 N–H and O–H groups in total. The standard InChI is InChI=1S/C12H17FO2S/c1-10-4-6-11(7-5-10)16(14,15)9-8-12(2,3)13/h4-7H,8-9H2,1-3H3. The Morgan fingerprint density at radius 1 is 1.19 bits per heavy atom. The van der Waals surface area contributed by atoms with Crippen molar-refractivity contribution in [2.24, 2.45) is 0 Å². The van der Waals surface area contributed by atoms with Crippen molar-refractivity contribution in [2.45, 2.75) is 37.8 Å². The molecular weight excluding hydrogens is 227 g/mol. The quantitative estimate of drug-likeness (QED) is 0.816. The van der Waals surface area contributed by atoms with E-state index in [0.29, 0.717) is 0 Å². The number of hydrogen-bond donors (Lipinski definition) is 0. The second kappa shape index (κ2) is 4.53. The van der Waals surface area contributed by atoms with Crippen LogP contribution in [-0.2, 0) is 9.84 Å². The van der Waals surface area contributed by atoms with E-state index in [4.69, 9.17) is 0 Å². The lowest BCUT2D eigenvalue weighted by atomic mass is 10.1. The molecule has 0 aromatic heterocycles. The Hall–Kier alpha value is -0.900. The molecule has 0 aliphatic heterocycles. The SMILES string of the molecule is Cc1ccc(S(=O)(=O)CCC(C)(C)F)cc1. The summed E-state index contributed by atoms with van der Waals surface area (Å²) in [5.41, 5.74) is -0.442. The largest absolute Gasteiger partial charge is 0.244 e. The van der Waals surface area contributed by atoms with E-state index in [1.165, 1.54) is 13.8 Å². The van der Waals surface area contributed by atoms with E-state index < -0.39 is 15.5 Å². The summed E-state index contributed by atoms with van der Waals surface area (Å²) in [5.74, 6) is -0.153. The molecule has 0 fully saturated rings. The molecule has 90 valence electrons. The molecule has 0 atom stereocenters. The normalized spacial score (nSPS) is 12.8. The maximum atomic E-state index is 13.2. The first kappa shape index (κ1) is 13.2. The Kier molecular flexibility index (Phi) is 3.73. The van der Waals surface area contributed by atoms with E-state index in [1.807, 2.05) is 6.92 Å². The van der Waals surface area contributed by atoms with Crippen LogP contribution in [0.2, 0.25) is 0 Å². The third kappa shape index (κ3) is 3.93. The highest BCUT2D eigenvalue weighted by atomic mass is 32.2. The summed E-state index contributed by atoms with van der Waals surface area (Å²) in [6.07, 6.45) is 0.0171. The minimum absolute atomic E-state index is 0.0171. The molecule has 0 aliphatic carbocycles. The van der Waals surface area contributed by atoms with Gasteiger partial charge in [0, 0.05) is 0 Å². The summed E-state index contributed by atoms with van der Waals surface area (Å²) in [7, 11) is -3.35. The maximum absolute atomic E-state index is 13.2. The van der Waals surface area contributed by atoms with Crippen molar-refractivity contribution in [2.75, 3.05) is 5.75 Å². The monoisotopic (exact) mass is 244 g/mol. The van der Waals surface area contributed by atoms with Crippen molar-refractivity contribution in [3.63, 3.8) is 0 Å². The van der Waals surface area contributed by atoms with Gasteiger partial charge in [0.2, 0.25) is 0 Å². The van der Waals surface area contributed by atoms with Gasteiger partial charge in [-0.05, 0) is 39.3 Å². The first-order chi connectivity index (χ1) is 7.21. The smallest absolute Gasteiger partial charge is 0.178 e. The van der Waals surface area contributed by atoms with Gasteiger partial charge in [-0.2, -0.15) is 0 Å². The lowest BCUT2D eigenvalue weighted by molar-refractivity contribution is 0.211. The van der Waals surface area contributed by atoms with Crippen molar-refractivity contribution < 1.29 is 12.8 Å². The molecule has 0 saturated heterocycles. The molecular formula is C12H17FO2S. The second-order valence-electron chi connectivity index (χ2n) is 4.60. The van der Waals surface area contributed by atoms with Gasteiger partial charge >= 0.3 is 0 Å². The molecule has 0 aliphatic rings. The van der Waals surface area contributed by atoms with Gasteiger partial charge in [0.25, 0.3) is 0 Å². The van der Waals surface area contributed by atoms with E-state index in [-0.39, 0.29) is 17.1 Å². The maximum Gasteiger partial charge on any atom is 0.178 e. The summed E-state index contributed by atoms with van der Waals surface area (Å²) < 4.78 is 36.9. The summed E-state index contributed by atoms with van der Waals surface area (Å²) in [4.78, 5) is 0.266. The van der Waals surface area contributed by atoms with Gasteiger partial charge in [0.15, 0.2) is 9.84 Å². The molecule has 0 spiro atoms. The fourth-order valence-electron chi connectivity index (χ4n) is 1.24. The predicted octanol–water partition coefficient (Wildman–Crippen LogP) is 2.91. The van der Waals surface area contributed by atoms with Crippen molar-refractivity contribution in [3.8, 4) is 0 Å². The second-order valence-corrected chi connectivity index (χ2v) is 6.71. The first-order valence-electron chi connectivity index (χ1n) is 5.19. The Balaban J connectivity index is 2.83. The first-order valence-corrected chi connectivity index (χ1v) is 6.84. The Bertz CT molecular complexity index is 441. The fourth-order valence-corrected chi connectivity index (χ4v) is 2.78. The number of hydrogen-bond acceptors (Lipinski definition) is 2. The predicted molar refractivity (Wildman–Crippen MR) is 63.0 cm³/mol. The van der Waals surface area contributed by atoms with Gasteiger partial charge in [-0.1, -0.05) is 17.7 Å². The lowest BCUT2D eigenvalue weighted by Crippen LogP contribution is -2.18. The van der Waals surface area contributed by atoms with Gasteiger partial charge in [-0.25, -0.2) is 12.8 Å². The van der Waals surface area contributed by atoms with E-state index in [9.17, 15) is 12.8 Å². The van der Waals surface area contributed by atoms with Crippen LogP contribution >= 0.6 is 0 Å². The molecule has 0 saturated carbocycles. The molecule has 16 heavy (non-hydrogen) atoms. The van der Waals surface area contributed by atoms with Crippen LogP contribution in [0.1, 0.15) is 25.8 Å². The summed E-state index contributed by atoms with van der Waals surface area (Å²) in [5, 5.41) is 0. The summed E-state index contributed by atoms with van der Waals surface area (Å²) in [6, 6.07) is 6.62. The minimum atomic E-state index is -3.35. The topological polar surface area (TPSA) is 34.1 Å². The Morgan fingerprint density at radius 2 is 1.69 bits per heavy atom. The van der Waals surface area contributed by atoms with Crippen LogP contribution in [0, 0.1) is 6.92 Å². The fraction of sp³-hybridized carbons (Fsp3) is 0.500. The van der Waals surface area contributed by atoms with Crippen LogP contribution in [0.5, 0.6) is 0 Å². The van der Waals surface area contributed by atoms with Crippen molar-refractivity contribution in [1.82, 2.24) is 0 Å². The van der Waals surface area contributed by atoms with Crippen LogP contribution in [0.3, 0.4) is 0 Å². The van der Waals surface area contributed by atoms with Crippen molar-refractivity contribution in [1.29, 1.82) is 0 Å². The number of alkyl halides is 1. The molecule has 2 nitrogen and oxygen atoms in total. The number of aryl methyl sites for hydroxylation is 1. The number of sulfone groups is 1. The van der Waals surface area contributed by atoms with Gasteiger partial charge in [0.05, 0.1) is 10.6 Å². The average Bonchev–Trinajstić information content (AvgIpc) is 2.15. The lowest BCUT2D eigenvalue weighted by Gasteiger charge is -2.13. The third-order valence-corrected chi connectivity index (χ3v) is 4.08. The van der Waals surface area contributed by atoms with E-state index in [2.05, 4.69) is 0 Å². The van der Waals surface area contributed by atoms with Crippen LogP contribution in [0.25, 0.3) is 0 Å². The molecule has 1 rings (SSSR count). The zero-order valence-corrected chi connectivity index (χ0v) is 10.6. The van der Waals surface area contributed by atoms with Gasteiger partial charge < -0.3 is 0 Å². The highest BCUT2D eigenvalue weighted by Crippen LogP contribution is 2.19. The van der Waals surface area contributed by atoms with Gasteiger partial charge in [-0.3, -0.25) is 0 Å². The Labute approximate surface area is 96.4 Å². The zero-order chi connectivity index (χ0) is 12.4. The number of rotatable bonds is 4. The average molecular weight is 244 g/mol. The molecule has 0 radical (unpaired) electrons. The van der Waals surface area contributed by atoms with E-state index >= 15 is 0 Å². The molecule has 4 heteroatoms. The van der Waals surface area contributed by atoms with E-state index in [0.717, 1.165) is 5.56 Å². The van der Waals surface area contributed by atoms with E-state index in [1.54, 1.807) is 24.3 Å². The van der Waals surface area contributed by atoms with Crippen molar-refractivity contribution in [3.05, 3.63) is 29.8 Å². The third-order valence-electron chi connectivity index (χ3n) is 2.35. The number of benzene rings is 1. The van der Waals surface area contributed by atoms with Crippen LogP contribution in [0.15, 0.2) is 29.2 Å². The molecule has 0 unspecified atom stereocenters. The highest BCUT2D eigenvalue weighted by molar-refractivity contribution is 7.91. The van der Waals surface area contributed by atoms with Crippen molar-refractivity contribution >= 4 is 9.84 Å². The van der Waals surface area contributed by atoms with Gasteiger partial charge in [0.1, 0.15) is 5.67 Å². The minimum Gasteiger partial charge on any atom is -0.244 e. The number of halogens is 1. The summed E-state index contributed by atoms with van der Waals surface area (Å²) >= 11 is 0. The van der Waals surface area contributed by atoms with Gasteiger partial charge in [-0.15, -0.1) is 0 Å². The molecule has 0 bridgehead atoms. The van der Waals surface area contributed by atoms with Crippen LogP contribution < -0.4 is 0 Å². The van der Waals surface area contributed by atoms with Crippen LogP contribution in [0.4, 0.5) is 4.39 Å².